The fraction of sp³-hybridized carbons (Fsp3) is 0.261. The molecule has 0 aliphatic rings. The molecule has 4 N–H and O–H groups in total. The summed E-state index contributed by atoms with van der Waals surface area (Å²) in [6.07, 6.45) is -0.206. The molecule has 0 radical (unpaired) electrons. The Morgan fingerprint density at radius 3 is 2.44 bits per heavy atom. The van der Waals surface area contributed by atoms with Gasteiger partial charge in [-0.05, 0) is 42.7 Å². The van der Waals surface area contributed by atoms with Crippen molar-refractivity contribution in [2.75, 3.05) is 33.2 Å². The summed E-state index contributed by atoms with van der Waals surface area (Å²) in [4.78, 5) is 29.9. The molecule has 0 aliphatic carbocycles. The molecule has 0 spiro atoms. The lowest BCUT2D eigenvalue weighted by Gasteiger charge is -2.14. The van der Waals surface area contributed by atoms with Gasteiger partial charge in [0.25, 0.3) is 11.8 Å². The molecule has 3 aromatic rings. The highest BCUT2D eigenvalue weighted by molar-refractivity contribution is 6.58. The normalized spacial score (nSPS) is 11.6. The number of carbonyl (C=O) groups excluding carboxylic acids is 2. The number of aromatic nitrogens is 1. The van der Waals surface area contributed by atoms with Crippen LogP contribution in [0.15, 0.2) is 42.5 Å². The molecule has 3 rings (SSSR count). The smallest absolute Gasteiger partial charge is 0.488 e. The van der Waals surface area contributed by atoms with Crippen molar-refractivity contribution in [1.82, 2.24) is 10.3 Å². The second-order valence-electron chi connectivity index (χ2n) is 7.52. The number of pyridine rings is 1. The Morgan fingerprint density at radius 2 is 1.79 bits per heavy atom. The maximum absolute atomic E-state index is 13.0. The Bertz CT molecular complexity index is 1200. The van der Waals surface area contributed by atoms with Crippen molar-refractivity contribution in [2.24, 2.45) is 0 Å². The number of hydrogen-bond acceptors (Lipinski definition) is 8. The average Bonchev–Trinajstić information content (AvgIpc) is 2.85. The van der Waals surface area contributed by atoms with E-state index in [9.17, 15) is 19.6 Å². The molecule has 10 nitrogen and oxygen atoms in total. The fourth-order valence-electron chi connectivity index (χ4n) is 3.21. The van der Waals surface area contributed by atoms with Crippen molar-refractivity contribution >= 4 is 41.0 Å². The molecule has 178 valence electrons. The molecule has 1 unspecified atom stereocenters. The lowest BCUT2D eigenvalue weighted by Crippen LogP contribution is -2.34. The van der Waals surface area contributed by atoms with Crippen molar-refractivity contribution in [3.8, 4) is 11.5 Å². The van der Waals surface area contributed by atoms with E-state index in [0.717, 1.165) is 0 Å². The molecule has 1 atom stereocenters. The van der Waals surface area contributed by atoms with Gasteiger partial charge in [0.2, 0.25) is 0 Å². The quantitative estimate of drug-likeness (QED) is 0.341. The van der Waals surface area contributed by atoms with Gasteiger partial charge in [-0.25, -0.2) is 4.98 Å². The van der Waals surface area contributed by atoms with Crippen LogP contribution in [-0.4, -0.2) is 67.9 Å². The van der Waals surface area contributed by atoms with E-state index >= 15 is 0 Å². The van der Waals surface area contributed by atoms with Crippen LogP contribution in [0.3, 0.4) is 0 Å². The number of fused-ring (bicyclic) bond motifs is 1. The number of amides is 2. The lowest BCUT2D eigenvalue weighted by molar-refractivity contribution is 0.0870. The number of rotatable bonds is 9. The van der Waals surface area contributed by atoms with E-state index in [1.54, 1.807) is 25.1 Å². The number of carbonyl (C=O) groups is 2. The summed E-state index contributed by atoms with van der Waals surface area (Å²) in [6.45, 7) is 2.05. The molecule has 11 heteroatoms. The number of nitrogens with one attached hydrogen (secondary N) is 2. The number of hydrogen-bond donors (Lipinski definition) is 4. The molecule has 2 aromatic carbocycles. The summed E-state index contributed by atoms with van der Waals surface area (Å²) in [5, 5.41) is 25.3. The number of nitrogens with zero attached hydrogens (tertiary/aromatic N) is 1. The van der Waals surface area contributed by atoms with Crippen LogP contribution in [0.25, 0.3) is 10.9 Å². The molecule has 0 saturated carbocycles. The maximum atomic E-state index is 13.0. The van der Waals surface area contributed by atoms with Crippen molar-refractivity contribution in [3.63, 3.8) is 0 Å². The molecule has 0 bridgehead atoms. The van der Waals surface area contributed by atoms with Gasteiger partial charge in [0, 0.05) is 42.4 Å². The molecular formula is C23H26BN3O7. The molecule has 34 heavy (non-hydrogen) atoms. The SMILES string of the molecule is COc1ccc2c(OC)cc(C(=O)Nc3cc(B(O)O)cc(C(=O)NCC(C)OC)c3)nc2c1. The Kier molecular flexibility index (Phi) is 8.06. The van der Waals surface area contributed by atoms with Crippen LogP contribution in [-0.2, 0) is 4.74 Å². The topological polar surface area (TPSA) is 139 Å². The van der Waals surface area contributed by atoms with Gasteiger partial charge in [-0.2, -0.15) is 0 Å². The van der Waals surface area contributed by atoms with E-state index in [1.807, 2.05) is 0 Å². The fourth-order valence-corrected chi connectivity index (χ4v) is 3.21. The van der Waals surface area contributed by atoms with Crippen LogP contribution in [0.1, 0.15) is 27.8 Å². The van der Waals surface area contributed by atoms with Gasteiger partial charge in [-0.1, -0.05) is 0 Å². The first-order valence-corrected chi connectivity index (χ1v) is 10.4. The summed E-state index contributed by atoms with van der Waals surface area (Å²) in [5.74, 6) is -0.0150. The zero-order valence-corrected chi connectivity index (χ0v) is 19.3. The first-order valence-electron chi connectivity index (χ1n) is 10.4. The molecule has 1 heterocycles. The average molecular weight is 467 g/mol. The van der Waals surface area contributed by atoms with Crippen molar-refractivity contribution < 1.29 is 33.8 Å². The second-order valence-corrected chi connectivity index (χ2v) is 7.52. The van der Waals surface area contributed by atoms with Gasteiger partial charge in [0.15, 0.2) is 0 Å². The minimum absolute atomic E-state index is 0.0385. The molecule has 0 aliphatic heterocycles. The van der Waals surface area contributed by atoms with E-state index in [4.69, 9.17) is 14.2 Å². The highest BCUT2D eigenvalue weighted by Crippen LogP contribution is 2.28. The van der Waals surface area contributed by atoms with E-state index in [2.05, 4.69) is 15.6 Å². The van der Waals surface area contributed by atoms with Crippen LogP contribution in [0, 0.1) is 0 Å². The van der Waals surface area contributed by atoms with Gasteiger partial charge in [0.1, 0.15) is 17.2 Å². The van der Waals surface area contributed by atoms with Crippen molar-refractivity contribution in [1.29, 1.82) is 0 Å². The Hall–Kier alpha value is -3.67. The van der Waals surface area contributed by atoms with Crippen LogP contribution < -0.4 is 25.6 Å². The zero-order chi connectivity index (χ0) is 24.8. The number of anilines is 1. The number of methoxy groups -OCH3 is 3. The van der Waals surface area contributed by atoms with E-state index in [1.165, 1.54) is 45.6 Å². The Balaban J connectivity index is 1.92. The van der Waals surface area contributed by atoms with Gasteiger partial charge in [0.05, 0.1) is 25.8 Å². The number of ether oxygens (including phenoxy) is 3. The molecule has 0 saturated heterocycles. The molecular weight excluding hydrogens is 441 g/mol. The summed E-state index contributed by atoms with van der Waals surface area (Å²) in [5.41, 5.74) is 0.921. The summed E-state index contributed by atoms with van der Waals surface area (Å²) >= 11 is 0. The summed E-state index contributed by atoms with van der Waals surface area (Å²) < 4.78 is 15.7. The predicted octanol–water partition coefficient (Wildman–Crippen LogP) is 0.949. The van der Waals surface area contributed by atoms with E-state index < -0.39 is 18.9 Å². The summed E-state index contributed by atoms with van der Waals surface area (Å²) in [7, 11) is 2.70. The minimum Gasteiger partial charge on any atom is -0.497 e. The Labute approximate surface area is 197 Å². The first kappa shape index (κ1) is 25.0. The van der Waals surface area contributed by atoms with E-state index in [0.29, 0.717) is 22.4 Å². The first-order chi connectivity index (χ1) is 16.2. The van der Waals surface area contributed by atoms with Gasteiger partial charge in [-0.15, -0.1) is 0 Å². The van der Waals surface area contributed by atoms with Gasteiger partial charge in [-0.3, -0.25) is 9.59 Å². The van der Waals surface area contributed by atoms with Gasteiger partial charge >= 0.3 is 7.12 Å². The lowest BCUT2D eigenvalue weighted by atomic mass is 9.79. The third kappa shape index (κ3) is 5.82. The van der Waals surface area contributed by atoms with Crippen molar-refractivity contribution in [3.05, 3.63) is 53.7 Å². The predicted molar refractivity (Wildman–Crippen MR) is 128 cm³/mol. The van der Waals surface area contributed by atoms with Gasteiger partial charge < -0.3 is 34.9 Å². The van der Waals surface area contributed by atoms with Crippen LogP contribution in [0.2, 0.25) is 0 Å². The highest BCUT2D eigenvalue weighted by atomic mass is 16.5. The standard InChI is InChI=1S/C23H26BN3O7/c1-13(32-2)12-25-22(28)14-7-15(24(30)31)9-16(8-14)26-23(29)20-11-21(34-4)18-6-5-17(33-3)10-19(18)27-20/h5-11,13,30-31H,12H2,1-4H3,(H,25,28)(H,26,29). The molecule has 2 amide bonds. The minimum atomic E-state index is -1.84. The molecule has 0 fully saturated rings. The third-order valence-corrected chi connectivity index (χ3v) is 5.16. The van der Waals surface area contributed by atoms with Crippen molar-refractivity contribution in [2.45, 2.75) is 13.0 Å². The van der Waals surface area contributed by atoms with Crippen LogP contribution in [0.4, 0.5) is 5.69 Å². The monoisotopic (exact) mass is 467 g/mol. The Morgan fingerprint density at radius 1 is 1.03 bits per heavy atom. The van der Waals surface area contributed by atoms with E-state index in [-0.39, 0.29) is 35.1 Å². The maximum Gasteiger partial charge on any atom is 0.488 e. The largest absolute Gasteiger partial charge is 0.497 e. The van der Waals surface area contributed by atoms with Crippen LogP contribution >= 0.6 is 0 Å². The molecule has 1 aromatic heterocycles. The summed E-state index contributed by atoms with van der Waals surface area (Å²) in [6, 6.07) is 10.8. The third-order valence-electron chi connectivity index (χ3n) is 5.16. The zero-order valence-electron chi connectivity index (χ0n) is 19.3. The second kappa shape index (κ2) is 11.0. The number of benzene rings is 2. The van der Waals surface area contributed by atoms with Crippen LogP contribution in [0.5, 0.6) is 11.5 Å². The highest BCUT2D eigenvalue weighted by Gasteiger charge is 2.19.